The lowest BCUT2D eigenvalue weighted by Gasteiger charge is -2.31. The zero-order valence-electron chi connectivity index (χ0n) is 22.0. The number of likely N-dealkylation sites (N-methyl/N-ethyl adjacent to an activating group) is 1. The van der Waals surface area contributed by atoms with Gasteiger partial charge in [0.25, 0.3) is 5.56 Å². The summed E-state index contributed by atoms with van der Waals surface area (Å²) >= 11 is 1.49. The summed E-state index contributed by atoms with van der Waals surface area (Å²) in [6, 6.07) is 6.61. The van der Waals surface area contributed by atoms with E-state index in [4.69, 9.17) is 4.74 Å². The van der Waals surface area contributed by atoms with Crippen molar-refractivity contribution < 1.29 is 24.2 Å². The number of carbonyl (C=O) groups is 3. The highest BCUT2D eigenvalue weighted by Gasteiger charge is 2.32. The zero-order chi connectivity index (χ0) is 28.0. The number of carboxylic acid groups (broad SMARTS) is 1. The lowest BCUT2D eigenvalue weighted by Crippen LogP contribution is -2.54. The van der Waals surface area contributed by atoms with Gasteiger partial charge in [-0.1, -0.05) is 38.1 Å². The van der Waals surface area contributed by atoms with Crippen molar-refractivity contribution in [3.05, 3.63) is 68.8 Å². The average Bonchev–Trinajstić information content (AvgIpc) is 3.38. The third-order valence-electron chi connectivity index (χ3n) is 6.27. The summed E-state index contributed by atoms with van der Waals surface area (Å²) in [5.41, 5.74) is 2.12. The van der Waals surface area contributed by atoms with E-state index < -0.39 is 24.0 Å². The molecule has 3 aromatic rings. The molecule has 2 aromatic heterocycles. The van der Waals surface area contributed by atoms with Gasteiger partial charge in [0.05, 0.1) is 25.3 Å². The molecule has 1 aromatic carbocycles. The molecule has 2 N–H and O–H groups in total. The minimum absolute atomic E-state index is 0.0181. The Morgan fingerprint density at radius 2 is 1.84 bits per heavy atom. The van der Waals surface area contributed by atoms with Gasteiger partial charge in [0.1, 0.15) is 12.1 Å². The third-order valence-corrected chi connectivity index (χ3v) is 7.00. The highest BCUT2D eigenvalue weighted by Crippen LogP contribution is 2.26. The monoisotopic (exact) mass is 540 g/mol. The van der Waals surface area contributed by atoms with E-state index in [1.807, 2.05) is 30.7 Å². The van der Waals surface area contributed by atoms with E-state index in [9.17, 15) is 24.3 Å². The number of hydrogen-bond donors (Lipinski definition) is 2. The minimum Gasteiger partial charge on any atom is -0.494 e. The van der Waals surface area contributed by atoms with E-state index in [1.54, 1.807) is 31.3 Å². The summed E-state index contributed by atoms with van der Waals surface area (Å²) in [5, 5.41) is 20.2. The Morgan fingerprint density at radius 1 is 1.16 bits per heavy atom. The Hall–Kier alpha value is -3.99. The van der Waals surface area contributed by atoms with Crippen LogP contribution in [0.1, 0.15) is 25.0 Å². The molecule has 0 unspecified atom stereocenters. The maximum absolute atomic E-state index is 13.2. The molecule has 2 amide bonds. The molecule has 0 saturated heterocycles. The lowest BCUT2D eigenvalue weighted by atomic mass is 9.98. The highest BCUT2D eigenvalue weighted by molar-refractivity contribution is 7.08. The molecule has 0 bridgehead atoms. The van der Waals surface area contributed by atoms with Crippen LogP contribution in [0.15, 0.2) is 52.1 Å². The van der Waals surface area contributed by atoms with Crippen molar-refractivity contribution in [1.82, 2.24) is 20.0 Å². The van der Waals surface area contributed by atoms with Crippen molar-refractivity contribution in [2.24, 2.45) is 13.0 Å². The Bertz CT molecular complexity index is 1330. The van der Waals surface area contributed by atoms with Crippen molar-refractivity contribution in [1.29, 1.82) is 0 Å². The molecule has 0 aliphatic heterocycles. The number of aryl methyl sites for hydroxylation is 1. The highest BCUT2D eigenvalue weighted by atomic mass is 32.1. The Morgan fingerprint density at radius 3 is 2.39 bits per heavy atom. The SMILES string of the molecule is COc1cnn(C)c(=O)c1-c1ccc(C[C@@H](NC(=O)[C@@H](C(C)C)N(C)C(=O)Cc2ccsc2)C(=O)O)cc1. The summed E-state index contributed by atoms with van der Waals surface area (Å²) in [7, 11) is 4.55. The molecule has 10 nitrogen and oxygen atoms in total. The van der Waals surface area contributed by atoms with Crippen LogP contribution in [0.4, 0.5) is 0 Å². The predicted molar refractivity (Wildman–Crippen MR) is 144 cm³/mol. The first kappa shape index (κ1) is 28.6. The molecule has 3 rings (SSSR count). The van der Waals surface area contributed by atoms with Gasteiger partial charge in [-0.15, -0.1) is 0 Å². The lowest BCUT2D eigenvalue weighted by molar-refractivity contribution is -0.144. The van der Waals surface area contributed by atoms with E-state index in [0.717, 1.165) is 5.56 Å². The summed E-state index contributed by atoms with van der Waals surface area (Å²) in [4.78, 5) is 52.0. The standard InChI is InChI=1S/C27H32N4O6S/c1-16(2)24(30(3)22(32)13-18-10-11-38-15-18)25(33)29-20(27(35)36)12-17-6-8-19(9-7-17)23-21(37-5)14-28-31(4)26(23)34/h6-11,14-16,20,24H,12-13H2,1-5H3,(H,29,33)(H,35,36)/t20-,24-/m1/s1. The number of rotatable bonds is 11. The van der Waals surface area contributed by atoms with Crippen LogP contribution < -0.4 is 15.6 Å². The summed E-state index contributed by atoms with van der Waals surface area (Å²) < 4.78 is 6.49. The van der Waals surface area contributed by atoms with Crippen molar-refractivity contribution in [2.45, 2.75) is 38.8 Å². The maximum atomic E-state index is 13.2. The molecule has 11 heteroatoms. The number of carboxylic acids is 1. The number of aliphatic carboxylic acids is 1. The number of nitrogens with zero attached hydrogens (tertiary/aromatic N) is 3. The molecular weight excluding hydrogens is 508 g/mol. The van der Waals surface area contributed by atoms with Gasteiger partial charge in [-0.25, -0.2) is 9.48 Å². The number of carbonyl (C=O) groups excluding carboxylic acids is 2. The average molecular weight is 541 g/mol. The van der Waals surface area contributed by atoms with Gasteiger partial charge in [-0.2, -0.15) is 16.4 Å². The third kappa shape index (κ3) is 6.65. The van der Waals surface area contributed by atoms with Gasteiger partial charge in [-0.3, -0.25) is 14.4 Å². The fraction of sp³-hybridized carbons (Fsp3) is 0.370. The van der Waals surface area contributed by atoms with Crippen LogP contribution in [0, 0.1) is 5.92 Å². The molecule has 202 valence electrons. The molecular formula is C27H32N4O6S. The fourth-order valence-electron chi connectivity index (χ4n) is 4.22. The topological polar surface area (TPSA) is 131 Å². The van der Waals surface area contributed by atoms with Crippen LogP contribution in [-0.2, 0) is 34.3 Å². The number of aromatic nitrogens is 2. The quantitative estimate of drug-likeness (QED) is 0.382. The molecule has 38 heavy (non-hydrogen) atoms. The van der Waals surface area contributed by atoms with Gasteiger partial charge in [0, 0.05) is 20.5 Å². The molecule has 0 spiro atoms. The Balaban J connectivity index is 1.75. The van der Waals surface area contributed by atoms with Crippen LogP contribution in [0.3, 0.4) is 0 Å². The van der Waals surface area contributed by atoms with Gasteiger partial charge >= 0.3 is 5.97 Å². The van der Waals surface area contributed by atoms with Crippen molar-refractivity contribution in [3.63, 3.8) is 0 Å². The summed E-state index contributed by atoms with van der Waals surface area (Å²) in [6.45, 7) is 3.62. The fourth-order valence-corrected chi connectivity index (χ4v) is 4.89. The van der Waals surface area contributed by atoms with Crippen molar-refractivity contribution in [3.8, 4) is 16.9 Å². The maximum Gasteiger partial charge on any atom is 0.326 e. The van der Waals surface area contributed by atoms with Crippen molar-refractivity contribution >= 4 is 29.1 Å². The molecule has 0 fully saturated rings. The summed E-state index contributed by atoms with van der Waals surface area (Å²) in [5.74, 6) is -1.86. The largest absolute Gasteiger partial charge is 0.494 e. The number of amides is 2. The normalized spacial score (nSPS) is 12.6. The van der Waals surface area contributed by atoms with Crippen LogP contribution in [0.2, 0.25) is 0 Å². The minimum atomic E-state index is -1.21. The van der Waals surface area contributed by atoms with Gasteiger partial charge in [0.15, 0.2) is 5.75 Å². The zero-order valence-corrected chi connectivity index (χ0v) is 22.8. The second kappa shape index (κ2) is 12.5. The van der Waals surface area contributed by atoms with Crippen LogP contribution >= 0.6 is 11.3 Å². The predicted octanol–water partition coefficient (Wildman–Crippen LogP) is 2.36. The number of nitrogens with one attached hydrogen (secondary N) is 1. The van der Waals surface area contributed by atoms with Crippen LogP contribution in [0.5, 0.6) is 5.75 Å². The van der Waals surface area contributed by atoms with E-state index in [0.29, 0.717) is 22.4 Å². The number of benzene rings is 1. The number of thiophene rings is 1. The van der Waals surface area contributed by atoms with E-state index in [-0.39, 0.29) is 30.2 Å². The number of ether oxygens (including phenoxy) is 1. The number of methoxy groups -OCH3 is 1. The number of hydrogen-bond acceptors (Lipinski definition) is 7. The molecule has 0 aliphatic carbocycles. The molecule has 0 saturated carbocycles. The Labute approximate surface area is 224 Å². The first-order valence-corrected chi connectivity index (χ1v) is 13.0. The first-order valence-electron chi connectivity index (χ1n) is 12.0. The molecule has 0 aliphatic rings. The second-order valence-corrected chi connectivity index (χ2v) is 10.1. The van der Waals surface area contributed by atoms with Crippen LogP contribution in [-0.4, -0.2) is 63.8 Å². The first-order chi connectivity index (χ1) is 18.0. The van der Waals surface area contributed by atoms with E-state index in [1.165, 1.54) is 41.3 Å². The van der Waals surface area contributed by atoms with Gasteiger partial charge in [-0.05, 0) is 39.4 Å². The molecule has 0 radical (unpaired) electrons. The Kier molecular flexibility index (Phi) is 9.40. The van der Waals surface area contributed by atoms with E-state index in [2.05, 4.69) is 10.4 Å². The summed E-state index contributed by atoms with van der Waals surface area (Å²) in [6.07, 6.45) is 1.63. The smallest absolute Gasteiger partial charge is 0.326 e. The van der Waals surface area contributed by atoms with Crippen LogP contribution in [0.25, 0.3) is 11.1 Å². The molecule has 2 atom stereocenters. The second-order valence-electron chi connectivity index (χ2n) is 9.32. The van der Waals surface area contributed by atoms with Crippen molar-refractivity contribution in [2.75, 3.05) is 14.2 Å². The van der Waals surface area contributed by atoms with E-state index >= 15 is 0 Å². The molecule has 2 heterocycles. The van der Waals surface area contributed by atoms with Gasteiger partial charge < -0.3 is 20.1 Å². The van der Waals surface area contributed by atoms with Gasteiger partial charge in [0.2, 0.25) is 11.8 Å².